The van der Waals surface area contributed by atoms with Crippen LogP contribution in [-0.4, -0.2) is 59.4 Å². The average Bonchev–Trinajstić information content (AvgIpc) is 2.87. The van der Waals surface area contributed by atoms with Crippen molar-refractivity contribution in [3.05, 3.63) is 33.1 Å². The zero-order valence-electron chi connectivity index (χ0n) is 17.8. The van der Waals surface area contributed by atoms with Crippen molar-refractivity contribution in [3.8, 4) is 0 Å². The molecular formula is C17H24FN2O11P. The van der Waals surface area contributed by atoms with Gasteiger partial charge in [-0.2, -0.15) is 0 Å². The summed E-state index contributed by atoms with van der Waals surface area (Å²) in [5.74, 6) is 0. The number of hydrogen-bond acceptors (Lipinski definition) is 11. The predicted octanol–water partition coefficient (Wildman–Crippen LogP) is 1.59. The molecule has 3 rings (SSSR count). The highest BCUT2D eigenvalue weighted by molar-refractivity contribution is 7.48. The molecule has 0 radical (unpaired) electrons. The Balaban J connectivity index is 1.65. The monoisotopic (exact) mass is 482 g/mol. The van der Waals surface area contributed by atoms with Gasteiger partial charge in [0.25, 0.3) is 5.56 Å². The number of aromatic nitrogens is 2. The molecule has 0 bridgehead atoms. The standard InChI is InChI=1S/C17H24FN2O11P/c1-16(2,3)31-15(23)26-9-29-32(24)27-7-10-12(25-8-28-32)17(4,18)13(30-10)20-6-5-11(21)19-14(20)22/h5-6,10,12-13H,7-9H2,1-4H3,(H,19,21,22)/t10-,12?,13-,17?,32?/m1/s1. The molecular weight excluding hydrogens is 458 g/mol. The molecule has 15 heteroatoms. The quantitative estimate of drug-likeness (QED) is 0.378. The number of carbonyl (C=O) groups excluding carboxylic acids is 1. The molecule has 1 aromatic heterocycles. The third-order valence-corrected chi connectivity index (χ3v) is 5.73. The SMILES string of the molecule is CC(C)(C)OC(=O)OCOP1(=O)OCOC2[C@@H](CO1)O[C@@H](n1ccc(=O)[nH]c1=O)C2(C)F. The Hall–Kier alpha value is -2.09. The minimum atomic E-state index is -4.27. The number of alkyl halides is 1. The maximum absolute atomic E-state index is 15.5. The Morgan fingerprint density at radius 3 is 2.75 bits per heavy atom. The third-order valence-electron chi connectivity index (χ3n) is 4.42. The number of phosphoric ester groups is 1. The Labute approximate surface area is 181 Å². The summed E-state index contributed by atoms with van der Waals surface area (Å²) in [5.41, 5.74) is -4.59. The summed E-state index contributed by atoms with van der Waals surface area (Å²) in [5, 5.41) is 0. The summed E-state index contributed by atoms with van der Waals surface area (Å²) >= 11 is 0. The smallest absolute Gasteiger partial charge is 0.429 e. The maximum Gasteiger partial charge on any atom is 0.510 e. The van der Waals surface area contributed by atoms with Crippen LogP contribution in [0, 0.1) is 0 Å². The van der Waals surface area contributed by atoms with Gasteiger partial charge in [0.2, 0.25) is 6.79 Å². The first-order valence-electron chi connectivity index (χ1n) is 9.48. The number of aromatic amines is 1. The first kappa shape index (κ1) is 24.6. The minimum absolute atomic E-state index is 0.498. The average molecular weight is 482 g/mol. The number of carbonyl (C=O) groups is 1. The van der Waals surface area contributed by atoms with Crippen molar-refractivity contribution in [2.75, 3.05) is 20.2 Å². The highest BCUT2D eigenvalue weighted by atomic mass is 31.2. The van der Waals surface area contributed by atoms with Crippen LogP contribution < -0.4 is 11.2 Å². The van der Waals surface area contributed by atoms with Crippen LogP contribution in [-0.2, 0) is 37.1 Å². The molecule has 0 aliphatic carbocycles. The largest absolute Gasteiger partial charge is 0.510 e. The molecule has 1 aromatic rings. The van der Waals surface area contributed by atoms with Gasteiger partial charge in [-0.3, -0.25) is 23.4 Å². The van der Waals surface area contributed by atoms with E-state index in [-0.39, 0.29) is 0 Å². The normalized spacial score (nSPS) is 33.1. The summed E-state index contributed by atoms with van der Waals surface area (Å²) in [6.07, 6.45) is -3.82. The van der Waals surface area contributed by atoms with Gasteiger partial charge in [-0.15, -0.1) is 0 Å². The van der Waals surface area contributed by atoms with E-state index in [0.717, 1.165) is 23.8 Å². The molecule has 180 valence electrons. The number of hydrogen-bond donors (Lipinski definition) is 1. The topological polar surface area (TPSA) is 154 Å². The van der Waals surface area contributed by atoms with Crippen LogP contribution in [0.4, 0.5) is 9.18 Å². The summed E-state index contributed by atoms with van der Waals surface area (Å²) in [6.45, 7) is 4.01. The van der Waals surface area contributed by atoms with Crippen LogP contribution in [0.2, 0.25) is 0 Å². The molecule has 0 spiro atoms. The number of ether oxygens (including phenoxy) is 4. The fourth-order valence-electron chi connectivity index (χ4n) is 3.08. The second-order valence-electron chi connectivity index (χ2n) is 8.13. The van der Waals surface area contributed by atoms with Crippen LogP contribution in [0.5, 0.6) is 0 Å². The first-order valence-corrected chi connectivity index (χ1v) is 10.9. The molecule has 3 heterocycles. The lowest BCUT2D eigenvalue weighted by atomic mass is 9.98. The molecule has 1 N–H and O–H groups in total. The number of nitrogens with one attached hydrogen (secondary N) is 1. The number of nitrogens with zero attached hydrogens (tertiary/aromatic N) is 1. The molecule has 2 fully saturated rings. The lowest BCUT2D eigenvalue weighted by Crippen LogP contribution is -2.46. The number of phosphoric acid groups is 1. The second kappa shape index (κ2) is 9.04. The Bertz CT molecular complexity index is 1000. The zero-order chi connectivity index (χ0) is 23.7. The molecule has 2 aliphatic heterocycles. The maximum atomic E-state index is 15.5. The Morgan fingerprint density at radius 2 is 2.09 bits per heavy atom. The van der Waals surface area contributed by atoms with Gasteiger partial charge < -0.3 is 18.9 Å². The van der Waals surface area contributed by atoms with E-state index in [1.165, 1.54) is 0 Å². The van der Waals surface area contributed by atoms with Crippen LogP contribution in [0.25, 0.3) is 0 Å². The van der Waals surface area contributed by atoms with E-state index >= 15 is 4.39 Å². The fraction of sp³-hybridized carbons (Fsp3) is 0.706. The molecule has 0 aromatic carbocycles. The molecule has 2 saturated heterocycles. The molecule has 0 amide bonds. The van der Waals surface area contributed by atoms with Crippen LogP contribution in [0.3, 0.4) is 0 Å². The van der Waals surface area contributed by atoms with E-state index in [0.29, 0.717) is 0 Å². The van der Waals surface area contributed by atoms with Gasteiger partial charge in [-0.1, -0.05) is 0 Å². The van der Waals surface area contributed by atoms with Gasteiger partial charge >= 0.3 is 19.7 Å². The van der Waals surface area contributed by atoms with Crippen LogP contribution in [0.15, 0.2) is 21.9 Å². The van der Waals surface area contributed by atoms with Crippen molar-refractivity contribution in [2.24, 2.45) is 0 Å². The second-order valence-corrected chi connectivity index (χ2v) is 9.80. The van der Waals surface area contributed by atoms with E-state index in [9.17, 15) is 18.9 Å². The van der Waals surface area contributed by atoms with Crippen molar-refractivity contribution < 1.29 is 46.3 Å². The van der Waals surface area contributed by atoms with Crippen molar-refractivity contribution in [2.45, 2.75) is 57.4 Å². The van der Waals surface area contributed by atoms with Gasteiger partial charge in [-0.25, -0.2) is 23.1 Å². The van der Waals surface area contributed by atoms with Gasteiger partial charge in [0.1, 0.15) is 17.8 Å². The van der Waals surface area contributed by atoms with Gasteiger partial charge in [0.05, 0.1) is 6.61 Å². The van der Waals surface area contributed by atoms with E-state index in [4.69, 9.17) is 27.8 Å². The summed E-state index contributed by atoms with van der Waals surface area (Å²) in [6, 6.07) is 1.04. The Morgan fingerprint density at radius 1 is 1.38 bits per heavy atom. The number of H-pyrrole nitrogens is 1. The number of rotatable bonds is 4. The van der Waals surface area contributed by atoms with Crippen molar-refractivity contribution in [1.29, 1.82) is 0 Å². The van der Waals surface area contributed by atoms with Crippen molar-refractivity contribution >= 4 is 14.0 Å². The molecule has 3 unspecified atom stereocenters. The van der Waals surface area contributed by atoms with E-state index in [1.807, 2.05) is 4.98 Å². The van der Waals surface area contributed by atoms with Crippen LogP contribution in [0.1, 0.15) is 33.9 Å². The summed E-state index contributed by atoms with van der Waals surface area (Å²) in [4.78, 5) is 36.9. The third kappa shape index (κ3) is 5.63. The number of halogens is 1. The van der Waals surface area contributed by atoms with E-state index in [2.05, 4.69) is 4.74 Å². The van der Waals surface area contributed by atoms with E-state index in [1.54, 1.807) is 20.8 Å². The molecule has 2 aliphatic rings. The lowest BCUT2D eigenvalue weighted by molar-refractivity contribution is -0.134. The fourth-order valence-corrected chi connectivity index (χ4v) is 4.01. The van der Waals surface area contributed by atoms with Crippen molar-refractivity contribution in [3.63, 3.8) is 0 Å². The number of fused-ring (bicyclic) bond motifs is 1. The molecule has 5 atom stereocenters. The van der Waals surface area contributed by atoms with Crippen LogP contribution >= 0.6 is 7.82 Å². The predicted molar refractivity (Wildman–Crippen MR) is 102 cm³/mol. The Kier molecular flexibility index (Phi) is 6.94. The van der Waals surface area contributed by atoms with Crippen molar-refractivity contribution in [1.82, 2.24) is 9.55 Å². The lowest BCUT2D eigenvalue weighted by Gasteiger charge is -2.30. The van der Waals surface area contributed by atoms with Gasteiger partial charge in [0.15, 0.2) is 18.7 Å². The van der Waals surface area contributed by atoms with Gasteiger partial charge in [-0.05, 0) is 27.7 Å². The summed E-state index contributed by atoms with van der Waals surface area (Å²) < 4.78 is 64.6. The minimum Gasteiger partial charge on any atom is -0.429 e. The highest BCUT2D eigenvalue weighted by Crippen LogP contribution is 2.53. The summed E-state index contributed by atoms with van der Waals surface area (Å²) in [7, 11) is -4.27. The highest BCUT2D eigenvalue weighted by Gasteiger charge is 2.58. The molecule has 32 heavy (non-hydrogen) atoms. The van der Waals surface area contributed by atoms with Gasteiger partial charge in [0, 0.05) is 12.3 Å². The van der Waals surface area contributed by atoms with E-state index < -0.39 is 75.1 Å². The zero-order valence-corrected chi connectivity index (χ0v) is 18.7. The molecule has 0 saturated carbocycles. The first-order chi connectivity index (χ1) is 14.8. The molecule has 13 nitrogen and oxygen atoms in total.